The summed E-state index contributed by atoms with van der Waals surface area (Å²) in [6.07, 6.45) is 1.73. The minimum atomic E-state index is 0.231. The van der Waals surface area contributed by atoms with Crippen LogP contribution in [0.15, 0.2) is 51.9 Å². The zero-order valence-corrected chi connectivity index (χ0v) is 13.4. The number of aromatic nitrogens is 1. The lowest BCUT2D eigenvalue weighted by Crippen LogP contribution is -1.86. The largest absolute Gasteiger partial charge is 0.494 e. The van der Waals surface area contributed by atoms with Gasteiger partial charge < -0.3 is 9.67 Å². The van der Waals surface area contributed by atoms with Crippen LogP contribution in [0.1, 0.15) is 11.1 Å². The van der Waals surface area contributed by atoms with Gasteiger partial charge in [-0.3, -0.25) is 4.99 Å². The zero-order chi connectivity index (χ0) is 15.0. The van der Waals surface area contributed by atoms with Crippen molar-refractivity contribution in [2.75, 3.05) is 0 Å². The first-order valence-corrected chi connectivity index (χ1v) is 7.44. The number of aryl methyl sites for hydroxylation is 2. The number of fused-ring (bicyclic) bond motifs is 1. The fraction of sp³-hybridized carbons (Fsp3) is 0.118. The topological polar surface area (TPSA) is 37.5 Å². The molecule has 106 valence electrons. The molecule has 3 aromatic rings. The molecular formula is C17H15BrN2O. The zero-order valence-electron chi connectivity index (χ0n) is 11.8. The van der Waals surface area contributed by atoms with Crippen LogP contribution in [0.5, 0.6) is 5.88 Å². The summed E-state index contributed by atoms with van der Waals surface area (Å²) in [6, 6.07) is 13.8. The monoisotopic (exact) mass is 342 g/mol. The summed E-state index contributed by atoms with van der Waals surface area (Å²) >= 11 is 3.44. The van der Waals surface area contributed by atoms with E-state index in [4.69, 9.17) is 0 Å². The summed E-state index contributed by atoms with van der Waals surface area (Å²) in [6.45, 7) is 2.01. The van der Waals surface area contributed by atoms with Crippen molar-refractivity contribution in [3.8, 4) is 5.88 Å². The number of hydrogen-bond donors (Lipinski definition) is 1. The first kappa shape index (κ1) is 13.9. The van der Waals surface area contributed by atoms with Gasteiger partial charge in [0, 0.05) is 23.1 Å². The van der Waals surface area contributed by atoms with Crippen LogP contribution < -0.4 is 0 Å². The lowest BCUT2D eigenvalue weighted by molar-refractivity contribution is 0.434. The molecule has 0 aliphatic carbocycles. The number of aromatic hydroxyl groups is 1. The molecule has 0 amide bonds. The van der Waals surface area contributed by atoms with Gasteiger partial charge in [0.15, 0.2) is 0 Å². The van der Waals surface area contributed by atoms with Crippen molar-refractivity contribution < 1.29 is 5.11 Å². The Kier molecular flexibility index (Phi) is 3.55. The fourth-order valence-electron chi connectivity index (χ4n) is 2.43. The van der Waals surface area contributed by atoms with E-state index in [1.807, 2.05) is 56.4 Å². The van der Waals surface area contributed by atoms with E-state index in [1.165, 1.54) is 0 Å². The highest BCUT2D eigenvalue weighted by molar-refractivity contribution is 9.10. The Hall–Kier alpha value is -2.07. The molecule has 0 bridgehead atoms. The van der Waals surface area contributed by atoms with Crippen LogP contribution in [0.25, 0.3) is 10.9 Å². The molecular weight excluding hydrogens is 328 g/mol. The highest BCUT2D eigenvalue weighted by atomic mass is 79.9. The second-order valence-electron chi connectivity index (χ2n) is 5.00. The first-order valence-electron chi connectivity index (χ1n) is 6.64. The van der Waals surface area contributed by atoms with E-state index in [2.05, 4.69) is 20.9 Å². The van der Waals surface area contributed by atoms with Crippen LogP contribution in [0.3, 0.4) is 0 Å². The van der Waals surface area contributed by atoms with Crippen LogP contribution in [0.2, 0.25) is 0 Å². The molecule has 0 aliphatic rings. The number of nitrogens with zero attached hydrogens (tertiary/aromatic N) is 2. The van der Waals surface area contributed by atoms with E-state index in [1.54, 1.807) is 10.8 Å². The predicted octanol–water partition coefficient (Wildman–Crippen LogP) is 4.71. The van der Waals surface area contributed by atoms with Crippen LogP contribution in [0.4, 0.5) is 5.69 Å². The van der Waals surface area contributed by atoms with Gasteiger partial charge in [0.25, 0.3) is 0 Å². The van der Waals surface area contributed by atoms with Gasteiger partial charge in [-0.05, 0) is 36.8 Å². The third kappa shape index (κ3) is 2.47. The van der Waals surface area contributed by atoms with Crippen molar-refractivity contribution in [3.63, 3.8) is 0 Å². The highest BCUT2D eigenvalue weighted by Gasteiger charge is 2.11. The fourth-order valence-corrected chi connectivity index (χ4v) is 2.91. The standard InChI is InChI=1S/C17H15BrN2O/c1-11-9-12(18)7-8-15(11)19-10-14-13-5-3-4-6-16(13)20(2)17(14)21/h3-10,21H,1-2H3. The quantitative estimate of drug-likeness (QED) is 0.673. The minimum absolute atomic E-state index is 0.231. The molecule has 0 saturated heterocycles. The Labute approximate surface area is 131 Å². The van der Waals surface area contributed by atoms with Crippen molar-refractivity contribution in [1.82, 2.24) is 4.57 Å². The summed E-state index contributed by atoms with van der Waals surface area (Å²) < 4.78 is 2.80. The molecule has 1 aromatic heterocycles. The molecule has 4 heteroatoms. The predicted molar refractivity (Wildman–Crippen MR) is 90.7 cm³/mol. The Bertz CT molecular complexity index is 849. The van der Waals surface area contributed by atoms with E-state index in [0.717, 1.165) is 32.2 Å². The Balaban J connectivity index is 2.09. The minimum Gasteiger partial charge on any atom is -0.494 e. The number of aliphatic imine (C=N–C) groups is 1. The second kappa shape index (κ2) is 5.37. The lowest BCUT2D eigenvalue weighted by Gasteiger charge is -2.00. The smallest absolute Gasteiger partial charge is 0.200 e. The Morgan fingerprint density at radius 3 is 2.71 bits per heavy atom. The third-order valence-electron chi connectivity index (χ3n) is 3.61. The van der Waals surface area contributed by atoms with Gasteiger partial charge in [-0.2, -0.15) is 0 Å². The SMILES string of the molecule is Cc1cc(Br)ccc1N=Cc1c(O)n(C)c2ccccc12. The Morgan fingerprint density at radius 2 is 1.95 bits per heavy atom. The molecule has 0 aliphatic heterocycles. The summed E-state index contributed by atoms with van der Waals surface area (Å²) in [7, 11) is 1.85. The van der Waals surface area contributed by atoms with Crippen molar-refractivity contribution in [3.05, 3.63) is 58.1 Å². The number of benzene rings is 2. The molecule has 21 heavy (non-hydrogen) atoms. The average Bonchev–Trinajstić information content (AvgIpc) is 2.71. The van der Waals surface area contributed by atoms with Crippen molar-refractivity contribution in [1.29, 1.82) is 0 Å². The van der Waals surface area contributed by atoms with E-state index >= 15 is 0 Å². The van der Waals surface area contributed by atoms with E-state index < -0.39 is 0 Å². The van der Waals surface area contributed by atoms with Gasteiger partial charge in [0.2, 0.25) is 5.88 Å². The van der Waals surface area contributed by atoms with E-state index in [-0.39, 0.29) is 5.88 Å². The van der Waals surface area contributed by atoms with Crippen LogP contribution in [-0.4, -0.2) is 15.9 Å². The third-order valence-corrected chi connectivity index (χ3v) is 4.10. The van der Waals surface area contributed by atoms with Gasteiger partial charge in [0.1, 0.15) is 0 Å². The first-order chi connectivity index (χ1) is 10.1. The normalized spacial score (nSPS) is 11.6. The molecule has 0 saturated carbocycles. The van der Waals surface area contributed by atoms with Gasteiger partial charge in [-0.1, -0.05) is 34.1 Å². The maximum atomic E-state index is 10.3. The van der Waals surface area contributed by atoms with Gasteiger partial charge in [-0.25, -0.2) is 0 Å². The van der Waals surface area contributed by atoms with E-state index in [9.17, 15) is 5.11 Å². The molecule has 0 unspecified atom stereocenters. The van der Waals surface area contributed by atoms with Gasteiger partial charge in [-0.15, -0.1) is 0 Å². The average molecular weight is 343 g/mol. The summed E-state index contributed by atoms with van der Waals surface area (Å²) in [5, 5.41) is 11.3. The van der Waals surface area contributed by atoms with Crippen LogP contribution in [0, 0.1) is 6.92 Å². The highest BCUT2D eigenvalue weighted by Crippen LogP contribution is 2.29. The summed E-state index contributed by atoms with van der Waals surface area (Å²) in [5.74, 6) is 0.231. The Morgan fingerprint density at radius 1 is 1.19 bits per heavy atom. The van der Waals surface area contributed by atoms with Gasteiger partial charge >= 0.3 is 0 Å². The van der Waals surface area contributed by atoms with Gasteiger partial charge in [0.05, 0.1) is 16.8 Å². The molecule has 0 spiro atoms. The molecule has 3 rings (SSSR count). The molecule has 0 atom stereocenters. The summed E-state index contributed by atoms with van der Waals surface area (Å²) in [4.78, 5) is 4.52. The number of para-hydroxylation sites is 1. The molecule has 0 radical (unpaired) electrons. The molecule has 0 fully saturated rings. The number of hydrogen-bond acceptors (Lipinski definition) is 2. The van der Waals surface area contributed by atoms with Crippen LogP contribution in [-0.2, 0) is 7.05 Å². The molecule has 3 nitrogen and oxygen atoms in total. The van der Waals surface area contributed by atoms with Crippen molar-refractivity contribution in [2.24, 2.45) is 12.0 Å². The van der Waals surface area contributed by atoms with Crippen molar-refractivity contribution >= 4 is 38.7 Å². The molecule has 1 heterocycles. The molecule has 1 N–H and O–H groups in total. The number of halogens is 1. The number of rotatable bonds is 2. The van der Waals surface area contributed by atoms with Crippen molar-refractivity contribution in [2.45, 2.75) is 6.92 Å². The maximum Gasteiger partial charge on any atom is 0.200 e. The summed E-state index contributed by atoms with van der Waals surface area (Å²) in [5.41, 5.74) is 3.71. The van der Waals surface area contributed by atoms with E-state index in [0.29, 0.717) is 0 Å². The van der Waals surface area contributed by atoms with Crippen LogP contribution >= 0.6 is 15.9 Å². The maximum absolute atomic E-state index is 10.3. The molecule has 2 aromatic carbocycles. The lowest BCUT2D eigenvalue weighted by atomic mass is 10.2. The second-order valence-corrected chi connectivity index (χ2v) is 5.92.